The maximum atomic E-state index is 2.28. The molecule has 0 rings (SSSR count). The predicted octanol–water partition coefficient (Wildman–Crippen LogP) is -7.70. The summed E-state index contributed by atoms with van der Waals surface area (Å²) in [5.74, 6) is 0. The largest absolute Gasteiger partial charge is 0.107 e. The van der Waals surface area contributed by atoms with Gasteiger partial charge < -0.3 is 0 Å². The van der Waals surface area contributed by atoms with Gasteiger partial charge in [0, 0.05) is 70.6 Å². The molecule has 0 unspecified atom stereocenters. The molecular weight excluding hydrogens is 257 g/mol. The van der Waals surface area contributed by atoms with E-state index in [9.17, 15) is 0 Å². The van der Waals surface area contributed by atoms with Crippen LogP contribution in [0.15, 0.2) is 0 Å². The number of rotatable bonds is 9. The van der Waals surface area contributed by atoms with E-state index < -0.39 is 0 Å². The van der Waals surface area contributed by atoms with Gasteiger partial charge in [-0.25, -0.2) is 0 Å². The Labute approximate surface area is 110 Å². The summed E-state index contributed by atoms with van der Waals surface area (Å²) in [6, 6.07) is 0. The molecule has 0 radical (unpaired) electrons. The molecule has 0 amide bonds. The summed E-state index contributed by atoms with van der Waals surface area (Å²) in [5.41, 5.74) is 0. The van der Waals surface area contributed by atoms with E-state index in [1.54, 1.807) is 0 Å². The Morgan fingerprint density at radius 3 is 0.923 bits per heavy atom. The van der Waals surface area contributed by atoms with Crippen LogP contribution in [0.1, 0.15) is 0 Å². The molecule has 0 aromatic carbocycles. The third kappa shape index (κ3) is 16.2. The summed E-state index contributed by atoms with van der Waals surface area (Å²) in [6.45, 7) is 0. The van der Waals surface area contributed by atoms with E-state index in [1.807, 2.05) is 0 Å². The fourth-order valence-electron chi connectivity index (χ4n) is 1.56. The van der Waals surface area contributed by atoms with Crippen molar-refractivity contribution in [1.29, 1.82) is 0 Å². The summed E-state index contributed by atoms with van der Waals surface area (Å²) in [4.78, 5) is 0. The van der Waals surface area contributed by atoms with E-state index in [4.69, 9.17) is 0 Å². The highest BCUT2D eigenvalue weighted by Gasteiger charge is 1.99. The zero-order chi connectivity index (χ0) is 9.07. The molecule has 13 heavy (non-hydrogen) atoms. The van der Waals surface area contributed by atoms with Crippen molar-refractivity contribution in [2.45, 2.75) is 0 Å². The van der Waals surface area contributed by atoms with Crippen LogP contribution in [-0.2, 0) is 0 Å². The van der Waals surface area contributed by atoms with Gasteiger partial charge in [-0.3, -0.25) is 0 Å². The number of halogens is 1. The van der Waals surface area contributed by atoms with Gasteiger partial charge in [0.25, 0.3) is 0 Å². The van der Waals surface area contributed by atoms with Gasteiger partial charge in [0.05, 0.1) is 15.5 Å². The van der Waals surface area contributed by atoms with Crippen LogP contribution in [0.4, 0.5) is 0 Å². The third-order valence-corrected chi connectivity index (χ3v) is 2.46. The van der Waals surface area contributed by atoms with Gasteiger partial charge in [-0.05, 0) is 0 Å². The molecule has 0 fully saturated rings. The molecule has 0 aromatic heterocycles. The Morgan fingerprint density at radius 1 is 0.462 bits per heavy atom. The minimum Gasteiger partial charge on any atom is -0.107 e. The zero-order valence-corrected chi connectivity index (χ0v) is 11.8. The molecule has 0 spiro atoms. The van der Waals surface area contributed by atoms with E-state index >= 15 is 0 Å². The molecule has 0 aliphatic carbocycles. The summed E-state index contributed by atoms with van der Waals surface area (Å²) >= 11 is 0. The molecule has 0 aliphatic rings. The molecule has 0 nitrogen and oxygen atoms in total. The van der Waals surface area contributed by atoms with Gasteiger partial charge >= 0.3 is 0 Å². The van der Waals surface area contributed by atoms with E-state index in [0.29, 0.717) is 0 Å². The van der Waals surface area contributed by atoms with Gasteiger partial charge in [0.2, 0.25) is 0 Å². The molecule has 13 heteroatoms. The van der Waals surface area contributed by atoms with Crippen LogP contribution in [-0.4, -0.2) is 86.1 Å². The summed E-state index contributed by atoms with van der Waals surface area (Å²) in [7, 11) is 19.0. The average Bonchev–Trinajstić information content (AvgIpc) is 2.10. The van der Waals surface area contributed by atoms with Gasteiger partial charge in [-0.2, -0.15) is 0 Å². The summed E-state index contributed by atoms with van der Waals surface area (Å²) < 4.78 is 0. The first-order valence-electron chi connectivity index (χ1n) is 5.91. The lowest BCUT2D eigenvalue weighted by atomic mass is 8.87. The van der Waals surface area contributed by atoms with Crippen molar-refractivity contribution in [2.75, 3.05) is 0 Å². The van der Waals surface area contributed by atoms with Crippen molar-refractivity contribution in [3.05, 3.63) is 0 Å². The summed E-state index contributed by atoms with van der Waals surface area (Å²) in [5, 5.41) is 0. The van der Waals surface area contributed by atoms with E-state index in [2.05, 4.69) is 15.5 Å². The maximum Gasteiger partial charge on any atom is 0.0597 e. The van der Waals surface area contributed by atoms with E-state index in [1.165, 1.54) is 70.6 Å². The first-order valence-corrected chi connectivity index (χ1v) is 5.91. The molecule has 0 atom stereocenters. The van der Waals surface area contributed by atoms with Crippen molar-refractivity contribution in [3.63, 3.8) is 0 Å². The second-order valence-corrected chi connectivity index (χ2v) is 3.83. The van der Waals surface area contributed by atoms with Crippen molar-refractivity contribution in [3.8, 4) is 0 Å². The molecule has 0 saturated carbocycles. The van der Waals surface area contributed by atoms with Crippen molar-refractivity contribution in [1.82, 2.24) is 0 Å². The number of hydrogen-bond acceptors (Lipinski definition) is 0. The minimum absolute atomic E-state index is 0. The topological polar surface area (TPSA) is 0 Å². The third-order valence-electron chi connectivity index (χ3n) is 2.46. The molecule has 0 aliphatic heterocycles. The Balaban J connectivity index is 0. The fraction of sp³-hybridized carbons (Fsp3) is 0. The quantitative estimate of drug-likeness (QED) is 0.222. The Hall–Kier alpha value is 1.51. The molecule has 0 heterocycles. The Kier molecular flexibility index (Phi) is 20.8. The molecule has 0 N–H and O–H groups in total. The van der Waals surface area contributed by atoms with Gasteiger partial charge in [0.15, 0.2) is 0 Å². The first kappa shape index (κ1) is 16.9. The zero-order valence-electron chi connectivity index (χ0n) is 9.48. The van der Waals surface area contributed by atoms with Crippen LogP contribution in [0.3, 0.4) is 0 Å². The standard InChI is InChI=1S/B12H14.HI/c1-3-5-7-9-11-12-10-8-6-4-2;/h3-12H,1-2H2;1H. The SMILES string of the molecule is BBBBBBBBBBBB.I. The lowest BCUT2D eigenvalue weighted by molar-refractivity contribution is 3.81. The fourth-order valence-corrected chi connectivity index (χ4v) is 1.56. The van der Waals surface area contributed by atoms with Gasteiger partial charge in [0.1, 0.15) is 0 Å². The van der Waals surface area contributed by atoms with Gasteiger partial charge in [-0.15, -0.1) is 24.0 Å². The van der Waals surface area contributed by atoms with Crippen molar-refractivity contribution in [2.24, 2.45) is 0 Å². The minimum atomic E-state index is 0. The molecule has 0 aromatic rings. The normalized spacial score (nSPS) is 6.46. The van der Waals surface area contributed by atoms with Crippen LogP contribution in [0, 0.1) is 0 Å². The highest BCUT2D eigenvalue weighted by Crippen LogP contribution is 1.57. The van der Waals surface area contributed by atoms with Crippen molar-refractivity contribution >= 4 is 110 Å². The smallest absolute Gasteiger partial charge is 0.0597 e. The monoisotopic (exact) mass is 274 g/mol. The number of hydrogen-bond donors (Lipinski definition) is 0. The molecule has 58 valence electrons. The Morgan fingerprint density at radius 2 is 0.692 bits per heavy atom. The van der Waals surface area contributed by atoms with Crippen LogP contribution < -0.4 is 0 Å². The maximum absolute atomic E-state index is 2.28. The highest BCUT2D eigenvalue weighted by molar-refractivity contribution is 14.0. The van der Waals surface area contributed by atoms with Crippen molar-refractivity contribution < 1.29 is 0 Å². The Bertz CT molecular complexity index is 61.5. The molecule has 0 bridgehead atoms. The molecule has 0 saturated heterocycles. The molecular formula is H15B12I. The van der Waals surface area contributed by atoms with Crippen LogP contribution >= 0.6 is 24.0 Å². The lowest BCUT2D eigenvalue weighted by Gasteiger charge is -1.90. The van der Waals surface area contributed by atoms with Crippen LogP contribution in [0.2, 0.25) is 0 Å². The lowest BCUT2D eigenvalue weighted by Crippen LogP contribution is -2.32. The summed E-state index contributed by atoms with van der Waals surface area (Å²) in [6.07, 6.45) is 0. The van der Waals surface area contributed by atoms with E-state index in [0.717, 1.165) is 0 Å². The van der Waals surface area contributed by atoms with Crippen LogP contribution in [0.5, 0.6) is 0 Å². The second-order valence-electron chi connectivity index (χ2n) is 3.83. The predicted molar refractivity (Wildman–Crippen MR) is 104 cm³/mol. The van der Waals surface area contributed by atoms with E-state index in [-0.39, 0.29) is 24.0 Å². The first-order chi connectivity index (χ1) is 5.91. The van der Waals surface area contributed by atoms with Gasteiger partial charge in [-0.1, -0.05) is 0 Å². The van der Waals surface area contributed by atoms with Crippen LogP contribution in [0.25, 0.3) is 0 Å². The average molecular weight is 272 g/mol. The second kappa shape index (κ2) is 16.0. The highest BCUT2D eigenvalue weighted by atomic mass is 127.